The number of aliphatic hydroxyl groups is 1. The summed E-state index contributed by atoms with van der Waals surface area (Å²) in [5.74, 6) is -1.70. The number of thiazole rings is 1. The number of aryl methyl sites for hydroxylation is 1. The van der Waals surface area contributed by atoms with Crippen molar-refractivity contribution in [3.63, 3.8) is 0 Å². The molecule has 1 aromatic heterocycles. The van der Waals surface area contributed by atoms with E-state index in [2.05, 4.69) is 20.9 Å². The molecule has 5 atom stereocenters. The van der Waals surface area contributed by atoms with Crippen LogP contribution in [0.15, 0.2) is 29.8 Å². The van der Waals surface area contributed by atoms with Crippen molar-refractivity contribution in [1.29, 1.82) is 0 Å². The zero-order valence-electron chi connectivity index (χ0n) is 33.8. The highest BCUT2D eigenvalue weighted by Gasteiger charge is 2.71. The number of carbonyl (C=O) groups is 4. The number of nitrogens with zero attached hydrogens (tertiary/aromatic N) is 2. The van der Waals surface area contributed by atoms with Gasteiger partial charge in [-0.1, -0.05) is 51.5 Å². The lowest BCUT2D eigenvalue weighted by Crippen LogP contribution is -2.65. The molecule has 9 rings (SSSR count). The van der Waals surface area contributed by atoms with E-state index in [1.54, 1.807) is 11.3 Å². The summed E-state index contributed by atoms with van der Waals surface area (Å²) in [6, 6.07) is 6.13. The zero-order valence-corrected chi connectivity index (χ0v) is 34.6. The van der Waals surface area contributed by atoms with Crippen molar-refractivity contribution in [2.45, 2.75) is 147 Å². The minimum Gasteiger partial charge on any atom is -0.391 e. The highest BCUT2D eigenvalue weighted by molar-refractivity contribution is 7.13. The molecule has 2 saturated heterocycles. The van der Waals surface area contributed by atoms with Gasteiger partial charge in [0, 0.05) is 57.2 Å². The molecule has 2 aromatic rings. The van der Waals surface area contributed by atoms with Crippen molar-refractivity contribution in [2.75, 3.05) is 13.1 Å². The lowest BCUT2D eigenvalue weighted by molar-refractivity contribution is -0.393. The molecule has 5 saturated carbocycles. The van der Waals surface area contributed by atoms with E-state index in [9.17, 15) is 24.3 Å². The van der Waals surface area contributed by atoms with Crippen LogP contribution in [0.1, 0.15) is 115 Å². The van der Waals surface area contributed by atoms with E-state index < -0.39 is 46.5 Å². The van der Waals surface area contributed by atoms with Crippen LogP contribution in [-0.2, 0) is 40.2 Å². The first-order valence-corrected chi connectivity index (χ1v) is 22.0. The van der Waals surface area contributed by atoms with Gasteiger partial charge in [0.15, 0.2) is 0 Å². The summed E-state index contributed by atoms with van der Waals surface area (Å²) >= 11 is 1.58. The molecular formula is C43H59N5O8S. The van der Waals surface area contributed by atoms with E-state index in [-0.39, 0.29) is 55.5 Å². The Hall–Kier alpha value is -3.43. The molecule has 3 heterocycles. The van der Waals surface area contributed by atoms with Crippen molar-refractivity contribution in [3.8, 4) is 10.4 Å². The molecule has 2 aliphatic heterocycles. The molecule has 57 heavy (non-hydrogen) atoms. The Bertz CT molecular complexity index is 1820. The lowest BCUT2D eigenvalue weighted by Gasteiger charge is -2.61. The minimum absolute atomic E-state index is 0.00584. The second-order valence-electron chi connectivity index (χ2n) is 18.9. The van der Waals surface area contributed by atoms with Gasteiger partial charge >= 0.3 is 0 Å². The van der Waals surface area contributed by atoms with Gasteiger partial charge in [-0.3, -0.25) is 19.2 Å². The van der Waals surface area contributed by atoms with Crippen LogP contribution in [0.2, 0.25) is 0 Å². The second-order valence-corrected chi connectivity index (χ2v) is 19.7. The molecule has 13 nitrogen and oxygen atoms in total. The molecule has 4 N–H and O–H groups in total. The fourth-order valence-corrected chi connectivity index (χ4v) is 11.7. The van der Waals surface area contributed by atoms with E-state index in [1.807, 2.05) is 57.5 Å². The van der Waals surface area contributed by atoms with Gasteiger partial charge in [0.05, 0.1) is 27.6 Å². The summed E-state index contributed by atoms with van der Waals surface area (Å²) in [6.45, 7) is 8.20. The van der Waals surface area contributed by atoms with Crippen molar-refractivity contribution in [2.24, 2.45) is 28.6 Å². The number of ether oxygens (including phenoxy) is 1. The quantitative estimate of drug-likeness (QED) is 0.174. The number of aromatic nitrogens is 1. The predicted octanol–water partition coefficient (Wildman–Crippen LogP) is 5.29. The largest absolute Gasteiger partial charge is 0.391 e. The van der Waals surface area contributed by atoms with E-state index in [4.69, 9.17) is 14.5 Å². The lowest BCUT2D eigenvalue weighted by atomic mass is 9.47. The van der Waals surface area contributed by atoms with Crippen LogP contribution in [-0.4, -0.2) is 81.5 Å². The van der Waals surface area contributed by atoms with Crippen LogP contribution in [0.4, 0.5) is 0 Å². The van der Waals surface area contributed by atoms with Crippen LogP contribution in [0, 0.1) is 35.5 Å². The summed E-state index contributed by atoms with van der Waals surface area (Å²) in [6.07, 6.45) is 9.12. The van der Waals surface area contributed by atoms with Gasteiger partial charge in [0.2, 0.25) is 35.2 Å². The summed E-state index contributed by atoms with van der Waals surface area (Å²) in [5.41, 5.74) is 3.63. The topological polar surface area (TPSA) is 168 Å². The van der Waals surface area contributed by atoms with Crippen LogP contribution < -0.4 is 16.0 Å². The highest BCUT2D eigenvalue weighted by atomic mass is 32.1. The summed E-state index contributed by atoms with van der Waals surface area (Å²) in [4.78, 5) is 73.8. The Labute approximate surface area is 339 Å². The van der Waals surface area contributed by atoms with Crippen LogP contribution in [0.25, 0.3) is 10.4 Å². The Morgan fingerprint density at radius 1 is 0.982 bits per heavy atom. The third-order valence-electron chi connectivity index (χ3n) is 13.7. The van der Waals surface area contributed by atoms with E-state index in [0.717, 1.165) is 66.6 Å². The minimum atomic E-state index is -0.918. The third kappa shape index (κ3) is 7.89. The molecule has 1 aromatic carbocycles. The number of carbonyl (C=O) groups excluding carboxylic acids is 4. The van der Waals surface area contributed by atoms with Gasteiger partial charge in [-0.25, -0.2) is 4.98 Å². The monoisotopic (exact) mass is 805 g/mol. The molecule has 5 unspecified atom stereocenters. The fraction of sp³-hybridized carbons (Fsp3) is 0.698. The maximum absolute atomic E-state index is 14.1. The van der Waals surface area contributed by atoms with Gasteiger partial charge in [-0.15, -0.1) is 11.3 Å². The van der Waals surface area contributed by atoms with Crippen LogP contribution in [0.3, 0.4) is 0 Å². The molecule has 4 bridgehead atoms. The number of rotatable bonds is 11. The Morgan fingerprint density at radius 2 is 1.70 bits per heavy atom. The van der Waals surface area contributed by atoms with E-state index >= 15 is 0 Å². The van der Waals surface area contributed by atoms with Gasteiger partial charge < -0.3 is 30.7 Å². The number of amides is 4. The van der Waals surface area contributed by atoms with Crippen LogP contribution in [0.5, 0.6) is 0 Å². The van der Waals surface area contributed by atoms with Crippen LogP contribution >= 0.6 is 11.3 Å². The molecule has 7 fully saturated rings. The molecule has 4 amide bonds. The second kappa shape index (κ2) is 15.6. The number of likely N-dealkylation sites (tertiary alicyclic amines) is 1. The molecule has 2 spiro atoms. The SMILES string of the molecule is Cc1ncsc1-c1ccc(CNC(=O)C2CC(O)CN2C(=O)C(NC(=O)CCCNC(=O)C23CC4CC(C2)C2(OOC5(CCCCC5)O2)C(C4)C3)C(C)(C)C)cc1. The Morgan fingerprint density at radius 3 is 2.37 bits per heavy atom. The van der Waals surface area contributed by atoms with Crippen molar-refractivity contribution in [1.82, 2.24) is 25.8 Å². The fourth-order valence-electron chi connectivity index (χ4n) is 10.9. The molecule has 310 valence electrons. The van der Waals surface area contributed by atoms with Crippen molar-refractivity contribution in [3.05, 3.63) is 41.0 Å². The van der Waals surface area contributed by atoms with Crippen molar-refractivity contribution < 1.29 is 38.8 Å². The third-order valence-corrected chi connectivity index (χ3v) is 14.6. The molecule has 7 aliphatic rings. The zero-order chi connectivity index (χ0) is 40.2. The first-order valence-electron chi connectivity index (χ1n) is 21.1. The summed E-state index contributed by atoms with van der Waals surface area (Å²) < 4.78 is 6.79. The van der Waals surface area contributed by atoms with Gasteiger partial charge in [-0.2, -0.15) is 9.78 Å². The Balaban J connectivity index is 0.821. The Kier molecular flexibility index (Phi) is 11.1. The summed E-state index contributed by atoms with van der Waals surface area (Å²) in [7, 11) is 0. The number of hydrogen-bond donors (Lipinski definition) is 4. The number of β-amino-alcohol motifs (C(OH)–C–C–N with tert-alkyl or cyclic N) is 1. The molecule has 5 aliphatic carbocycles. The average Bonchev–Trinajstić information content (AvgIpc) is 3.90. The maximum Gasteiger partial charge on any atom is 0.246 e. The van der Waals surface area contributed by atoms with E-state index in [0.29, 0.717) is 31.7 Å². The predicted molar refractivity (Wildman–Crippen MR) is 212 cm³/mol. The molecule has 14 heteroatoms. The normalized spacial score (nSPS) is 31.8. The highest BCUT2D eigenvalue weighted by Crippen LogP contribution is 2.67. The van der Waals surface area contributed by atoms with Gasteiger partial charge in [0.25, 0.3) is 0 Å². The molecular weight excluding hydrogens is 747 g/mol. The molecule has 0 radical (unpaired) electrons. The van der Waals surface area contributed by atoms with E-state index in [1.165, 1.54) is 11.3 Å². The number of benzene rings is 1. The summed E-state index contributed by atoms with van der Waals surface area (Å²) in [5, 5.41) is 19.6. The van der Waals surface area contributed by atoms with Gasteiger partial charge in [0.1, 0.15) is 12.1 Å². The first kappa shape index (κ1) is 40.4. The average molecular weight is 806 g/mol. The van der Waals surface area contributed by atoms with Crippen molar-refractivity contribution >= 4 is 35.0 Å². The number of nitrogens with one attached hydrogen (secondary N) is 3. The first-order chi connectivity index (χ1) is 27.2. The number of aliphatic hydroxyl groups excluding tert-OH is 1. The standard InChI is InChI=1S/C43H59N5O8S/c1-26-35(57-25-46-26)29-12-10-27(11-13-29)23-45-37(51)33-19-32(49)24-48(33)38(52)36(40(2,3)4)47-34(50)9-8-16-44-39(53)41-20-28-17-30(21-41)43(31(18-28)22-41)54-42(55-56-43)14-6-5-7-15-42/h10-13,25,28,30-33,36,49H,5-9,14-24H2,1-4H3,(H,44,53)(H,45,51)(H,47,50). The number of hydrogen-bond acceptors (Lipinski definition) is 10. The smallest absolute Gasteiger partial charge is 0.246 e. The van der Waals surface area contributed by atoms with Gasteiger partial charge in [-0.05, 0) is 80.8 Å². The maximum atomic E-state index is 14.1.